The first-order valence-electron chi connectivity index (χ1n) is 17.5. The van der Waals surface area contributed by atoms with Crippen molar-refractivity contribution >= 4 is 58.7 Å². The molecule has 7 rings (SSSR count). The molecule has 3 N–H and O–H groups in total. The van der Waals surface area contributed by atoms with Crippen LogP contribution in [0.1, 0.15) is 86.3 Å². The van der Waals surface area contributed by atoms with Gasteiger partial charge in [-0.15, -0.1) is 0 Å². The standard InChI is InChI=1S/C39H38Cl2N8O5/c1-36(2,3)54-35(53)45-21-25-9-14-43-30(15-25)38(10-11-38)47-32(51)39(12-13-39)46-31(50)29-22-44-34-48(28-17-26(40)16-27(41)18-28)33(52)37(4,49(29)34)19-23-5-7-24(20-42)8-6-23/h5-9,14-18,22H,10-13,19,21H2,1-4H3,(H,45,53)(H,46,50)(H,47,51). The third-order valence-electron chi connectivity index (χ3n) is 9.86. The summed E-state index contributed by atoms with van der Waals surface area (Å²) in [7, 11) is 0. The second-order valence-electron chi connectivity index (χ2n) is 15.3. The van der Waals surface area contributed by atoms with Crippen molar-refractivity contribution in [3.05, 3.63) is 105 Å². The number of aromatic nitrogens is 3. The van der Waals surface area contributed by atoms with Gasteiger partial charge in [0.25, 0.3) is 11.8 Å². The molecule has 0 bridgehead atoms. The number of hydrogen-bond acceptors (Lipinski definition) is 8. The van der Waals surface area contributed by atoms with E-state index in [-0.39, 0.29) is 36.4 Å². The van der Waals surface area contributed by atoms with Gasteiger partial charge >= 0.3 is 6.09 Å². The highest BCUT2D eigenvalue weighted by Crippen LogP contribution is 2.48. The molecule has 1 unspecified atom stereocenters. The highest BCUT2D eigenvalue weighted by molar-refractivity contribution is 6.35. The third kappa shape index (κ3) is 7.11. The molecule has 2 fully saturated rings. The van der Waals surface area contributed by atoms with Crippen LogP contribution in [0.2, 0.25) is 10.0 Å². The molecule has 0 saturated heterocycles. The van der Waals surface area contributed by atoms with Gasteiger partial charge in [-0.2, -0.15) is 5.26 Å². The molecule has 4 amide bonds. The van der Waals surface area contributed by atoms with E-state index in [1.807, 2.05) is 6.07 Å². The van der Waals surface area contributed by atoms with Crippen LogP contribution in [-0.4, -0.2) is 49.5 Å². The van der Waals surface area contributed by atoms with Gasteiger partial charge in [0.1, 0.15) is 22.4 Å². The fraction of sp³-hybridized carbons (Fsp3) is 0.359. The lowest BCUT2D eigenvalue weighted by atomic mass is 9.91. The topological polar surface area (TPSA) is 171 Å². The number of hydrogen-bond donors (Lipinski definition) is 3. The summed E-state index contributed by atoms with van der Waals surface area (Å²) in [4.78, 5) is 65.2. The Hall–Kier alpha value is -5.45. The average molecular weight is 770 g/mol. The lowest BCUT2D eigenvalue weighted by Crippen LogP contribution is -2.52. The van der Waals surface area contributed by atoms with E-state index >= 15 is 0 Å². The van der Waals surface area contributed by atoms with Gasteiger partial charge in [0.05, 0.1) is 34.7 Å². The largest absolute Gasteiger partial charge is 0.444 e. The molecule has 3 aliphatic rings. The van der Waals surface area contributed by atoms with Crippen molar-refractivity contribution in [1.82, 2.24) is 30.5 Å². The highest BCUT2D eigenvalue weighted by Gasteiger charge is 2.57. The maximum atomic E-state index is 14.4. The molecule has 278 valence electrons. The number of rotatable bonds is 10. The minimum absolute atomic E-state index is 0.0946. The van der Waals surface area contributed by atoms with Gasteiger partial charge in [-0.1, -0.05) is 35.3 Å². The summed E-state index contributed by atoms with van der Waals surface area (Å²) in [6, 6.07) is 17.4. The maximum absolute atomic E-state index is 14.4. The van der Waals surface area contributed by atoms with E-state index in [1.54, 1.807) is 87.0 Å². The van der Waals surface area contributed by atoms with E-state index in [0.717, 1.165) is 11.1 Å². The van der Waals surface area contributed by atoms with Crippen molar-refractivity contribution in [1.29, 1.82) is 5.26 Å². The van der Waals surface area contributed by atoms with Crippen molar-refractivity contribution < 1.29 is 23.9 Å². The summed E-state index contributed by atoms with van der Waals surface area (Å²) in [6.07, 6.45) is 4.82. The molecule has 0 radical (unpaired) electrons. The Morgan fingerprint density at radius 1 is 0.944 bits per heavy atom. The number of fused-ring (bicyclic) bond motifs is 1. The van der Waals surface area contributed by atoms with Gasteiger partial charge < -0.3 is 20.7 Å². The lowest BCUT2D eigenvalue weighted by molar-refractivity contribution is -0.125. The van der Waals surface area contributed by atoms with Gasteiger partial charge in [-0.25, -0.2) is 14.7 Å². The van der Waals surface area contributed by atoms with Crippen molar-refractivity contribution in [2.75, 3.05) is 4.90 Å². The van der Waals surface area contributed by atoms with E-state index in [0.29, 0.717) is 52.7 Å². The number of benzene rings is 2. The Labute approximate surface area is 322 Å². The quantitative estimate of drug-likeness (QED) is 0.172. The molecule has 2 aromatic carbocycles. The van der Waals surface area contributed by atoms with Crippen molar-refractivity contribution in [2.45, 2.75) is 88.6 Å². The smallest absolute Gasteiger partial charge is 0.407 e. The van der Waals surface area contributed by atoms with E-state index in [1.165, 1.54) is 11.1 Å². The van der Waals surface area contributed by atoms with Crippen LogP contribution >= 0.6 is 23.2 Å². The van der Waals surface area contributed by atoms with Crippen molar-refractivity contribution in [2.24, 2.45) is 0 Å². The molecular weight excluding hydrogens is 731 g/mol. The Bertz CT molecular complexity index is 2210. The fourth-order valence-corrected chi connectivity index (χ4v) is 7.30. The van der Waals surface area contributed by atoms with Crippen LogP contribution in [0, 0.1) is 11.3 Å². The Kier molecular flexibility index (Phi) is 9.18. The molecule has 4 aromatic rings. The molecule has 1 aliphatic heterocycles. The monoisotopic (exact) mass is 768 g/mol. The first-order chi connectivity index (χ1) is 25.5. The molecule has 54 heavy (non-hydrogen) atoms. The predicted molar refractivity (Wildman–Crippen MR) is 200 cm³/mol. The predicted octanol–water partition coefficient (Wildman–Crippen LogP) is 6.19. The van der Waals surface area contributed by atoms with Crippen LogP contribution in [0.4, 0.5) is 16.4 Å². The second kappa shape index (κ2) is 13.4. The SMILES string of the molecule is CC(C)(C)OC(=O)NCc1ccnc(C2(NC(=O)C3(NC(=O)c4cnc5n4C(C)(Cc4ccc(C#N)cc4)C(=O)N5c4cc(Cl)cc(Cl)c4)CC3)CC2)c1. The lowest BCUT2D eigenvalue weighted by Gasteiger charge is -2.27. The van der Waals surface area contributed by atoms with Gasteiger partial charge in [0.2, 0.25) is 11.9 Å². The Morgan fingerprint density at radius 2 is 1.63 bits per heavy atom. The molecule has 2 aliphatic carbocycles. The number of nitriles is 1. The number of carbonyl (C=O) groups is 4. The van der Waals surface area contributed by atoms with Crippen LogP contribution < -0.4 is 20.9 Å². The number of ether oxygens (including phenoxy) is 1. The number of alkyl carbamates (subject to hydrolysis) is 1. The zero-order valence-electron chi connectivity index (χ0n) is 30.1. The molecule has 2 aromatic heterocycles. The number of amides is 4. The zero-order valence-corrected chi connectivity index (χ0v) is 31.6. The minimum atomic E-state index is -1.34. The first-order valence-corrected chi connectivity index (χ1v) is 18.3. The van der Waals surface area contributed by atoms with Crippen molar-refractivity contribution in [3.8, 4) is 6.07 Å². The third-order valence-corrected chi connectivity index (χ3v) is 10.3. The normalized spacial score (nSPS) is 19.0. The van der Waals surface area contributed by atoms with Gasteiger partial charge in [0, 0.05) is 29.2 Å². The van der Waals surface area contributed by atoms with Crippen LogP contribution in [0.3, 0.4) is 0 Å². The molecule has 15 heteroatoms. The molecule has 2 saturated carbocycles. The molecular formula is C39H38Cl2N8O5. The van der Waals surface area contributed by atoms with E-state index in [4.69, 9.17) is 27.9 Å². The first kappa shape index (κ1) is 36.9. The highest BCUT2D eigenvalue weighted by atomic mass is 35.5. The molecule has 3 heterocycles. The van der Waals surface area contributed by atoms with Gasteiger partial charge in [-0.05, 0) is 107 Å². The number of imidazole rings is 1. The molecule has 1 atom stereocenters. The summed E-state index contributed by atoms with van der Waals surface area (Å²) in [5.74, 6) is -1.07. The van der Waals surface area contributed by atoms with E-state index in [9.17, 15) is 24.4 Å². The summed E-state index contributed by atoms with van der Waals surface area (Å²) < 4.78 is 6.93. The van der Waals surface area contributed by atoms with E-state index < -0.39 is 34.2 Å². The maximum Gasteiger partial charge on any atom is 0.407 e. The van der Waals surface area contributed by atoms with Crippen LogP contribution in [-0.2, 0) is 38.4 Å². The second-order valence-corrected chi connectivity index (χ2v) is 16.2. The van der Waals surface area contributed by atoms with Crippen LogP contribution in [0.25, 0.3) is 0 Å². The van der Waals surface area contributed by atoms with Crippen molar-refractivity contribution in [3.63, 3.8) is 0 Å². The number of nitrogens with zero attached hydrogens (tertiary/aromatic N) is 5. The fourth-order valence-electron chi connectivity index (χ4n) is 6.78. The number of anilines is 2. The number of nitrogens with one attached hydrogen (secondary N) is 3. The van der Waals surface area contributed by atoms with Crippen LogP contribution in [0.15, 0.2) is 67.0 Å². The number of pyridine rings is 1. The Morgan fingerprint density at radius 3 is 2.24 bits per heavy atom. The zero-order chi connectivity index (χ0) is 38.6. The summed E-state index contributed by atoms with van der Waals surface area (Å²) in [6.45, 7) is 7.31. The van der Waals surface area contributed by atoms with Gasteiger partial charge in [0.15, 0.2) is 0 Å². The molecule has 0 spiro atoms. The van der Waals surface area contributed by atoms with Gasteiger partial charge in [-0.3, -0.25) is 23.9 Å². The number of carbonyl (C=O) groups excluding carboxylic acids is 4. The molecule has 13 nitrogen and oxygen atoms in total. The van der Waals surface area contributed by atoms with Crippen LogP contribution in [0.5, 0.6) is 0 Å². The number of halogens is 2. The summed E-state index contributed by atoms with van der Waals surface area (Å²) in [5, 5.41) is 18.8. The summed E-state index contributed by atoms with van der Waals surface area (Å²) in [5.41, 5.74) is -0.681. The summed E-state index contributed by atoms with van der Waals surface area (Å²) >= 11 is 12.7. The average Bonchev–Trinajstić information content (AvgIpc) is 4.02. The minimum Gasteiger partial charge on any atom is -0.444 e. The Balaban J connectivity index is 1.12. The van der Waals surface area contributed by atoms with E-state index in [2.05, 4.69) is 32.0 Å².